The van der Waals surface area contributed by atoms with Gasteiger partial charge >= 0.3 is 0 Å². The average Bonchev–Trinajstić information content (AvgIpc) is 3.25. The third-order valence-corrected chi connectivity index (χ3v) is 6.21. The number of carbonyl (C=O) groups is 1. The Morgan fingerprint density at radius 3 is 2.44 bits per heavy atom. The lowest BCUT2D eigenvalue weighted by atomic mass is 10.0. The number of carbonyl (C=O) groups excluding carboxylic acids is 1. The molecule has 0 N–H and O–H groups in total. The van der Waals surface area contributed by atoms with Crippen molar-refractivity contribution in [3.63, 3.8) is 0 Å². The summed E-state index contributed by atoms with van der Waals surface area (Å²) >= 11 is 0. The van der Waals surface area contributed by atoms with Crippen LogP contribution in [-0.4, -0.2) is 40.3 Å². The molecule has 2 aliphatic rings. The fourth-order valence-corrected chi connectivity index (χ4v) is 4.80. The summed E-state index contributed by atoms with van der Waals surface area (Å²) in [5, 5.41) is 1.20. The number of hydrogen-bond donors (Lipinski definition) is 0. The first-order chi connectivity index (χ1) is 11.9. The molecule has 1 heterocycles. The molecule has 1 aliphatic carbocycles. The zero-order chi connectivity index (χ0) is 18.0. The first-order valence-electron chi connectivity index (χ1n) is 8.41. The van der Waals surface area contributed by atoms with E-state index < -0.39 is 15.9 Å². The van der Waals surface area contributed by atoms with Crippen LogP contribution in [0, 0.1) is 5.92 Å². The van der Waals surface area contributed by atoms with Gasteiger partial charge in [-0.3, -0.25) is 4.79 Å². The highest BCUT2D eigenvalue weighted by Crippen LogP contribution is 2.37. The van der Waals surface area contributed by atoms with E-state index in [0.29, 0.717) is 17.2 Å². The highest BCUT2D eigenvalue weighted by molar-refractivity contribution is 7.94. The first kappa shape index (κ1) is 17.8. The molecule has 6 nitrogen and oxygen atoms in total. The minimum absolute atomic E-state index is 0.0345. The smallest absolute Gasteiger partial charge is 0.230 e. The molecule has 0 bridgehead atoms. The van der Waals surface area contributed by atoms with Gasteiger partial charge in [0.2, 0.25) is 5.91 Å². The Balaban J connectivity index is 2.02. The van der Waals surface area contributed by atoms with Gasteiger partial charge in [-0.25, -0.2) is 8.42 Å². The molecule has 1 aromatic rings. The van der Waals surface area contributed by atoms with Crippen molar-refractivity contribution >= 4 is 21.4 Å². The van der Waals surface area contributed by atoms with E-state index in [2.05, 4.69) is 0 Å². The van der Waals surface area contributed by atoms with Gasteiger partial charge in [0.1, 0.15) is 11.5 Å². The lowest BCUT2D eigenvalue weighted by molar-refractivity contribution is -0.122. The zero-order valence-corrected chi connectivity index (χ0v) is 15.3. The zero-order valence-electron chi connectivity index (χ0n) is 14.5. The van der Waals surface area contributed by atoms with Gasteiger partial charge in [0, 0.05) is 17.4 Å². The van der Waals surface area contributed by atoms with Crippen LogP contribution in [0.25, 0.3) is 0 Å². The maximum Gasteiger partial charge on any atom is 0.230 e. The number of methoxy groups -OCH3 is 2. The monoisotopic (exact) mass is 365 g/mol. The Bertz CT molecular complexity index is 781. The molecule has 1 atom stereocenters. The highest BCUT2D eigenvalue weighted by atomic mass is 32.2. The highest BCUT2D eigenvalue weighted by Gasteiger charge is 2.37. The van der Waals surface area contributed by atoms with E-state index in [1.807, 2.05) is 0 Å². The van der Waals surface area contributed by atoms with Crippen LogP contribution in [0.4, 0.5) is 5.69 Å². The summed E-state index contributed by atoms with van der Waals surface area (Å²) in [7, 11) is -0.195. The van der Waals surface area contributed by atoms with Crippen molar-refractivity contribution in [1.82, 2.24) is 0 Å². The number of rotatable bonds is 5. The van der Waals surface area contributed by atoms with E-state index in [1.165, 1.54) is 12.5 Å². The summed E-state index contributed by atoms with van der Waals surface area (Å²) in [6, 6.07) is 4.70. The first-order valence-corrected chi connectivity index (χ1v) is 10.1. The van der Waals surface area contributed by atoms with Crippen LogP contribution >= 0.6 is 0 Å². The SMILES string of the molecule is COc1ccc(N(C(=O)C2CCCC2)[C@H]2C=CS(=O)(=O)C2)c(OC)c1. The van der Waals surface area contributed by atoms with Gasteiger partial charge in [0.05, 0.1) is 31.7 Å². The number of nitrogens with zero attached hydrogens (tertiary/aromatic N) is 1. The molecule has 0 radical (unpaired) electrons. The second kappa shape index (κ2) is 7.07. The Hall–Kier alpha value is -2.02. The molecule has 0 saturated heterocycles. The summed E-state index contributed by atoms with van der Waals surface area (Å²) < 4.78 is 34.5. The van der Waals surface area contributed by atoms with E-state index >= 15 is 0 Å². The molecule has 1 amide bonds. The van der Waals surface area contributed by atoms with Gasteiger partial charge in [-0.05, 0) is 31.1 Å². The van der Waals surface area contributed by atoms with Gasteiger partial charge < -0.3 is 14.4 Å². The Labute approximate surface area is 148 Å². The topological polar surface area (TPSA) is 72.9 Å². The Morgan fingerprint density at radius 2 is 1.88 bits per heavy atom. The van der Waals surface area contributed by atoms with Crippen molar-refractivity contribution in [2.24, 2.45) is 5.92 Å². The van der Waals surface area contributed by atoms with E-state index in [-0.39, 0.29) is 17.6 Å². The second-order valence-electron chi connectivity index (χ2n) is 6.45. The van der Waals surface area contributed by atoms with Crippen LogP contribution in [0.2, 0.25) is 0 Å². The molecule has 1 aliphatic heterocycles. The fourth-order valence-electron chi connectivity index (χ4n) is 3.53. The maximum atomic E-state index is 13.2. The van der Waals surface area contributed by atoms with Crippen LogP contribution in [0.3, 0.4) is 0 Å². The number of amides is 1. The van der Waals surface area contributed by atoms with E-state index in [9.17, 15) is 13.2 Å². The van der Waals surface area contributed by atoms with Crippen LogP contribution in [0.5, 0.6) is 11.5 Å². The second-order valence-corrected chi connectivity index (χ2v) is 8.38. The lowest BCUT2D eigenvalue weighted by Crippen LogP contribution is -2.44. The summed E-state index contributed by atoms with van der Waals surface area (Å²) in [5.74, 6) is 0.906. The predicted molar refractivity (Wildman–Crippen MR) is 95.7 cm³/mol. The number of benzene rings is 1. The summed E-state index contributed by atoms with van der Waals surface area (Å²) in [4.78, 5) is 14.8. The molecule has 3 rings (SSSR count). The number of hydrogen-bond acceptors (Lipinski definition) is 5. The van der Waals surface area contributed by atoms with E-state index in [4.69, 9.17) is 9.47 Å². The van der Waals surface area contributed by atoms with Crippen molar-refractivity contribution in [2.45, 2.75) is 31.7 Å². The number of sulfone groups is 1. The third-order valence-electron chi connectivity index (χ3n) is 4.83. The molecule has 0 spiro atoms. The van der Waals surface area contributed by atoms with Crippen LogP contribution in [0.15, 0.2) is 29.7 Å². The standard InChI is InChI=1S/C18H23NO5S/c1-23-15-7-8-16(17(11-15)24-2)19(14-9-10-25(21,22)12-14)18(20)13-5-3-4-6-13/h7-11,13-14H,3-6,12H2,1-2H3/t14-/m0/s1. The average molecular weight is 365 g/mol. The van der Waals surface area contributed by atoms with Crippen molar-refractivity contribution < 1.29 is 22.7 Å². The van der Waals surface area contributed by atoms with Gasteiger partial charge in [-0.1, -0.05) is 12.8 Å². The van der Waals surface area contributed by atoms with Gasteiger partial charge in [0.15, 0.2) is 9.84 Å². The molecule has 136 valence electrons. The van der Waals surface area contributed by atoms with Crippen molar-refractivity contribution in [3.8, 4) is 11.5 Å². The largest absolute Gasteiger partial charge is 0.497 e. The normalized spacial score (nSPS) is 22.1. The molecule has 1 aromatic carbocycles. The summed E-state index contributed by atoms with van der Waals surface area (Å²) in [6.45, 7) is 0. The molecular weight excluding hydrogens is 342 g/mol. The van der Waals surface area contributed by atoms with E-state index in [1.54, 1.807) is 36.3 Å². The molecule has 7 heteroatoms. The van der Waals surface area contributed by atoms with Gasteiger partial charge in [-0.15, -0.1) is 0 Å². The third kappa shape index (κ3) is 3.66. The van der Waals surface area contributed by atoms with Crippen molar-refractivity contribution in [1.29, 1.82) is 0 Å². The lowest BCUT2D eigenvalue weighted by Gasteiger charge is -2.31. The molecule has 0 unspecified atom stereocenters. The van der Waals surface area contributed by atoms with E-state index in [0.717, 1.165) is 25.7 Å². The minimum Gasteiger partial charge on any atom is -0.497 e. The molecule has 1 saturated carbocycles. The van der Waals surface area contributed by atoms with Crippen molar-refractivity contribution in [2.75, 3.05) is 24.9 Å². The fraction of sp³-hybridized carbons (Fsp3) is 0.500. The van der Waals surface area contributed by atoms with Gasteiger partial charge in [-0.2, -0.15) is 0 Å². The van der Waals surface area contributed by atoms with Gasteiger partial charge in [0.25, 0.3) is 0 Å². The quantitative estimate of drug-likeness (QED) is 0.802. The number of ether oxygens (including phenoxy) is 2. The predicted octanol–water partition coefficient (Wildman–Crippen LogP) is 2.54. The minimum atomic E-state index is -3.28. The summed E-state index contributed by atoms with van der Waals surface area (Å²) in [5.41, 5.74) is 0.576. The molecule has 25 heavy (non-hydrogen) atoms. The molecule has 0 aromatic heterocycles. The van der Waals surface area contributed by atoms with Crippen molar-refractivity contribution in [3.05, 3.63) is 29.7 Å². The van der Waals surface area contributed by atoms with Crippen LogP contribution in [0.1, 0.15) is 25.7 Å². The number of anilines is 1. The van der Waals surface area contributed by atoms with Crippen LogP contribution in [-0.2, 0) is 14.6 Å². The maximum absolute atomic E-state index is 13.2. The Kier molecular flexibility index (Phi) is 5.03. The molecular formula is C18H23NO5S. The Morgan fingerprint density at radius 1 is 1.16 bits per heavy atom. The summed E-state index contributed by atoms with van der Waals surface area (Å²) in [6.07, 6.45) is 5.34. The van der Waals surface area contributed by atoms with Crippen LogP contribution < -0.4 is 14.4 Å². The molecule has 1 fully saturated rings.